The van der Waals surface area contributed by atoms with Crippen molar-refractivity contribution in [3.05, 3.63) is 83.4 Å². The number of aryl methyl sites for hydroxylation is 3. The lowest BCUT2D eigenvalue weighted by atomic mass is 10.1. The van der Waals surface area contributed by atoms with Gasteiger partial charge in [0.25, 0.3) is 0 Å². The minimum atomic E-state index is -0.203. The summed E-state index contributed by atoms with van der Waals surface area (Å²) in [7, 11) is 0. The van der Waals surface area contributed by atoms with E-state index in [1.54, 1.807) is 11.5 Å². The van der Waals surface area contributed by atoms with Crippen LogP contribution < -0.4 is 15.5 Å². The summed E-state index contributed by atoms with van der Waals surface area (Å²) in [6, 6.07) is 22.4. The molecule has 2 amide bonds. The van der Waals surface area contributed by atoms with E-state index in [1.807, 2.05) is 50.2 Å². The molecule has 1 aliphatic rings. The van der Waals surface area contributed by atoms with E-state index >= 15 is 0 Å². The van der Waals surface area contributed by atoms with Gasteiger partial charge in [-0.1, -0.05) is 48.5 Å². The summed E-state index contributed by atoms with van der Waals surface area (Å²) in [5.41, 5.74) is 5.03. The van der Waals surface area contributed by atoms with Crippen LogP contribution in [0.1, 0.15) is 23.1 Å². The Bertz CT molecular complexity index is 1320. The van der Waals surface area contributed by atoms with Gasteiger partial charge in [0, 0.05) is 42.9 Å². The Balaban J connectivity index is 1.12. The van der Waals surface area contributed by atoms with Crippen LogP contribution in [0.25, 0.3) is 10.1 Å². The van der Waals surface area contributed by atoms with Crippen molar-refractivity contribution in [1.29, 1.82) is 0 Å². The maximum Gasteiger partial charge on any atom is 0.323 e. The molecular formula is C29H33N5OS. The average molecular weight is 500 g/mol. The first-order valence-electron chi connectivity index (χ1n) is 12.6. The number of carbonyl (C=O) groups is 1. The SMILES string of the molecule is Cc1cccc(C)c1NC(=O)Nc1ccccc1CCCN1CCN(c2nsc3ccccc23)CC1. The normalized spacial score (nSPS) is 14.2. The Morgan fingerprint density at radius 3 is 2.42 bits per heavy atom. The van der Waals surface area contributed by atoms with Gasteiger partial charge in [-0.15, -0.1) is 0 Å². The quantitative estimate of drug-likeness (QED) is 0.313. The lowest BCUT2D eigenvalue weighted by molar-refractivity contribution is 0.255. The number of hydrogen-bond acceptors (Lipinski definition) is 5. The Hall–Kier alpha value is -3.42. The Morgan fingerprint density at radius 2 is 1.61 bits per heavy atom. The highest BCUT2D eigenvalue weighted by Crippen LogP contribution is 2.30. The van der Waals surface area contributed by atoms with Crippen LogP contribution in [0.3, 0.4) is 0 Å². The largest absolute Gasteiger partial charge is 0.353 e. The predicted molar refractivity (Wildman–Crippen MR) is 152 cm³/mol. The molecule has 1 aliphatic heterocycles. The van der Waals surface area contributed by atoms with E-state index in [4.69, 9.17) is 4.37 Å². The first-order valence-corrected chi connectivity index (χ1v) is 13.4. The molecule has 0 atom stereocenters. The molecule has 0 unspecified atom stereocenters. The number of piperazine rings is 1. The van der Waals surface area contributed by atoms with E-state index in [-0.39, 0.29) is 6.03 Å². The monoisotopic (exact) mass is 499 g/mol. The third-order valence-electron chi connectivity index (χ3n) is 6.94. The smallest absolute Gasteiger partial charge is 0.323 e. The maximum absolute atomic E-state index is 12.7. The van der Waals surface area contributed by atoms with Crippen LogP contribution >= 0.6 is 11.5 Å². The zero-order chi connectivity index (χ0) is 24.9. The first-order chi connectivity index (χ1) is 17.6. The van der Waals surface area contributed by atoms with Gasteiger partial charge >= 0.3 is 6.03 Å². The summed E-state index contributed by atoms with van der Waals surface area (Å²) in [5, 5.41) is 7.35. The van der Waals surface area contributed by atoms with Gasteiger partial charge in [-0.2, -0.15) is 4.37 Å². The third kappa shape index (κ3) is 5.53. The molecule has 1 saturated heterocycles. The second kappa shape index (κ2) is 11.1. The number of rotatable bonds is 7. The van der Waals surface area contributed by atoms with Crippen molar-refractivity contribution in [2.45, 2.75) is 26.7 Å². The molecule has 0 saturated carbocycles. The second-order valence-electron chi connectivity index (χ2n) is 9.44. The summed E-state index contributed by atoms with van der Waals surface area (Å²) >= 11 is 1.59. The third-order valence-corrected chi connectivity index (χ3v) is 7.75. The molecule has 6 nitrogen and oxygen atoms in total. The van der Waals surface area contributed by atoms with Gasteiger partial charge in [-0.05, 0) is 79.7 Å². The van der Waals surface area contributed by atoms with Crippen molar-refractivity contribution >= 4 is 44.8 Å². The number of benzene rings is 3. The molecule has 0 spiro atoms. The van der Waals surface area contributed by atoms with Gasteiger partial charge in [0.2, 0.25) is 0 Å². The highest BCUT2D eigenvalue weighted by atomic mass is 32.1. The summed E-state index contributed by atoms with van der Waals surface area (Å²) in [6.07, 6.45) is 1.98. The number of anilines is 3. The molecule has 186 valence electrons. The summed E-state index contributed by atoms with van der Waals surface area (Å²) in [4.78, 5) is 17.7. The Morgan fingerprint density at radius 1 is 0.889 bits per heavy atom. The zero-order valence-corrected chi connectivity index (χ0v) is 21.8. The molecule has 4 aromatic rings. The Kier molecular flexibility index (Phi) is 7.49. The number of urea groups is 1. The molecule has 2 N–H and O–H groups in total. The lowest BCUT2D eigenvalue weighted by Crippen LogP contribution is -2.46. The summed E-state index contributed by atoms with van der Waals surface area (Å²) in [5.74, 6) is 1.13. The fourth-order valence-corrected chi connectivity index (χ4v) is 5.71. The van der Waals surface area contributed by atoms with Crippen LogP contribution in [0.5, 0.6) is 0 Å². The molecule has 1 aromatic heterocycles. The van der Waals surface area contributed by atoms with E-state index in [2.05, 4.69) is 50.8 Å². The van der Waals surface area contributed by atoms with E-state index in [0.29, 0.717) is 0 Å². The molecule has 0 aliphatic carbocycles. The van der Waals surface area contributed by atoms with Crippen molar-refractivity contribution in [2.75, 3.05) is 48.3 Å². The number of hydrogen-bond donors (Lipinski definition) is 2. The fraction of sp³-hybridized carbons (Fsp3) is 0.310. The molecule has 5 rings (SSSR count). The van der Waals surface area contributed by atoms with Crippen LogP contribution in [0.4, 0.5) is 22.0 Å². The van der Waals surface area contributed by atoms with Crippen LogP contribution in [-0.4, -0.2) is 48.0 Å². The van der Waals surface area contributed by atoms with Gasteiger partial charge in [0.05, 0.1) is 4.70 Å². The van der Waals surface area contributed by atoms with Crippen molar-refractivity contribution in [3.63, 3.8) is 0 Å². The van der Waals surface area contributed by atoms with Crippen molar-refractivity contribution in [3.8, 4) is 0 Å². The van der Waals surface area contributed by atoms with E-state index in [0.717, 1.165) is 73.9 Å². The molecule has 0 radical (unpaired) electrons. The molecule has 0 bridgehead atoms. The maximum atomic E-state index is 12.7. The van der Waals surface area contributed by atoms with Gasteiger partial charge in [0.1, 0.15) is 5.82 Å². The van der Waals surface area contributed by atoms with Gasteiger partial charge < -0.3 is 15.5 Å². The predicted octanol–water partition coefficient (Wildman–Crippen LogP) is 6.31. The van der Waals surface area contributed by atoms with Gasteiger partial charge in [0.15, 0.2) is 0 Å². The van der Waals surface area contributed by atoms with Crippen LogP contribution in [0.15, 0.2) is 66.7 Å². The number of aromatic nitrogens is 1. The van der Waals surface area contributed by atoms with E-state index < -0.39 is 0 Å². The summed E-state index contributed by atoms with van der Waals surface area (Å²) < 4.78 is 5.98. The minimum absolute atomic E-state index is 0.203. The second-order valence-corrected chi connectivity index (χ2v) is 10.2. The highest BCUT2D eigenvalue weighted by molar-refractivity contribution is 7.13. The molecule has 36 heavy (non-hydrogen) atoms. The van der Waals surface area contributed by atoms with E-state index in [9.17, 15) is 4.79 Å². The highest BCUT2D eigenvalue weighted by Gasteiger charge is 2.20. The molecular weight excluding hydrogens is 466 g/mol. The van der Waals surface area contributed by atoms with Crippen LogP contribution in [-0.2, 0) is 6.42 Å². The van der Waals surface area contributed by atoms with Crippen LogP contribution in [0.2, 0.25) is 0 Å². The van der Waals surface area contributed by atoms with Gasteiger partial charge in [-0.3, -0.25) is 4.90 Å². The van der Waals surface area contributed by atoms with Crippen molar-refractivity contribution < 1.29 is 4.79 Å². The topological polar surface area (TPSA) is 60.5 Å². The van der Waals surface area contributed by atoms with Crippen LogP contribution in [0, 0.1) is 13.8 Å². The summed E-state index contributed by atoms with van der Waals surface area (Å²) in [6.45, 7) is 9.17. The van der Waals surface area contributed by atoms with Crippen molar-refractivity contribution in [2.24, 2.45) is 0 Å². The van der Waals surface area contributed by atoms with E-state index in [1.165, 1.54) is 15.6 Å². The Labute approximate surface area is 217 Å². The van der Waals surface area contributed by atoms with Crippen molar-refractivity contribution in [1.82, 2.24) is 9.27 Å². The number of carbonyl (C=O) groups excluding carboxylic acids is 1. The fourth-order valence-electron chi connectivity index (χ4n) is 4.92. The number of nitrogens with zero attached hydrogens (tertiary/aromatic N) is 3. The molecule has 7 heteroatoms. The standard InChI is InChI=1S/C29H33N5OS/c1-21-9-7-10-22(2)27(21)31-29(35)30-25-14-5-3-11-23(25)12-8-16-33-17-19-34(20-18-33)28-24-13-4-6-15-26(24)36-32-28/h3-7,9-11,13-15H,8,12,16-20H2,1-2H3,(H2,30,31,35). The lowest BCUT2D eigenvalue weighted by Gasteiger charge is -2.35. The first kappa shape index (κ1) is 24.3. The number of fused-ring (bicyclic) bond motifs is 1. The molecule has 1 fully saturated rings. The number of para-hydroxylation sites is 2. The average Bonchev–Trinajstić information content (AvgIpc) is 3.32. The number of amides is 2. The number of nitrogens with one attached hydrogen (secondary N) is 2. The molecule has 2 heterocycles. The minimum Gasteiger partial charge on any atom is -0.353 e. The zero-order valence-electron chi connectivity index (χ0n) is 21.0. The molecule has 3 aromatic carbocycles. The van der Waals surface area contributed by atoms with Gasteiger partial charge in [-0.25, -0.2) is 4.79 Å².